The molecule has 5 heteroatoms. The van der Waals surface area contributed by atoms with Gasteiger partial charge in [0.1, 0.15) is 6.61 Å². The van der Waals surface area contributed by atoms with Crippen LogP contribution in [0, 0.1) is 6.92 Å². The Hall–Kier alpha value is -2.30. The second-order valence-electron chi connectivity index (χ2n) is 4.58. The Bertz CT molecular complexity index is 635. The summed E-state index contributed by atoms with van der Waals surface area (Å²) in [6.45, 7) is 1.72. The van der Waals surface area contributed by atoms with Gasteiger partial charge in [-0.2, -0.15) is 13.2 Å². The molecule has 0 fully saturated rings. The van der Waals surface area contributed by atoms with Gasteiger partial charge in [0.15, 0.2) is 0 Å². The molecule has 21 heavy (non-hydrogen) atoms. The van der Waals surface area contributed by atoms with Gasteiger partial charge in [-0.15, -0.1) is 0 Å². The monoisotopic (exact) mass is 293 g/mol. The predicted octanol–water partition coefficient (Wildman–Crippen LogP) is 4.56. The van der Waals surface area contributed by atoms with Gasteiger partial charge in [0.25, 0.3) is 0 Å². The maximum atomic E-state index is 12.8. The van der Waals surface area contributed by atoms with Crippen LogP contribution in [-0.4, -0.2) is 6.21 Å². The summed E-state index contributed by atoms with van der Waals surface area (Å²) in [5.41, 5.74) is 1.27. The molecule has 0 saturated carbocycles. The molecular weight excluding hydrogens is 279 g/mol. The Morgan fingerprint density at radius 2 is 1.86 bits per heavy atom. The van der Waals surface area contributed by atoms with Crippen LogP contribution in [0.15, 0.2) is 53.7 Å². The summed E-state index contributed by atoms with van der Waals surface area (Å²) in [7, 11) is 0. The fraction of sp³-hybridized carbons (Fsp3) is 0.188. The van der Waals surface area contributed by atoms with Crippen LogP contribution in [0.3, 0.4) is 0 Å². The molecule has 0 bridgehead atoms. The number of aryl methyl sites for hydroxylation is 1. The molecule has 0 amide bonds. The van der Waals surface area contributed by atoms with Gasteiger partial charge < -0.3 is 4.84 Å². The van der Waals surface area contributed by atoms with E-state index in [1.165, 1.54) is 24.4 Å². The lowest BCUT2D eigenvalue weighted by Crippen LogP contribution is -2.09. The van der Waals surface area contributed by atoms with Gasteiger partial charge in [0.2, 0.25) is 0 Å². The van der Waals surface area contributed by atoms with Gasteiger partial charge in [-0.05, 0) is 18.6 Å². The minimum absolute atomic E-state index is 0.0615. The SMILES string of the molecule is Cc1cccc(C=NOCc2ccccc2C(F)(F)F)c1. The van der Waals surface area contributed by atoms with E-state index in [2.05, 4.69) is 5.16 Å². The molecule has 0 unspecified atom stereocenters. The molecule has 110 valence electrons. The number of alkyl halides is 3. The number of oxime groups is 1. The maximum absolute atomic E-state index is 12.8. The van der Waals surface area contributed by atoms with E-state index in [9.17, 15) is 13.2 Å². The van der Waals surface area contributed by atoms with Crippen molar-refractivity contribution in [1.82, 2.24) is 0 Å². The molecule has 0 spiro atoms. The summed E-state index contributed by atoms with van der Waals surface area (Å²) in [6.07, 6.45) is -2.91. The number of benzene rings is 2. The molecule has 0 aliphatic rings. The van der Waals surface area contributed by atoms with Crippen LogP contribution in [-0.2, 0) is 17.6 Å². The quantitative estimate of drug-likeness (QED) is 0.598. The minimum atomic E-state index is -4.39. The fourth-order valence-corrected chi connectivity index (χ4v) is 1.88. The van der Waals surface area contributed by atoms with Crippen molar-refractivity contribution in [1.29, 1.82) is 0 Å². The topological polar surface area (TPSA) is 21.6 Å². The molecular formula is C16H14F3NO. The van der Waals surface area contributed by atoms with E-state index in [0.717, 1.165) is 17.2 Å². The van der Waals surface area contributed by atoms with Gasteiger partial charge in [0, 0.05) is 5.56 Å². The van der Waals surface area contributed by atoms with Crippen molar-refractivity contribution in [3.8, 4) is 0 Å². The molecule has 0 N–H and O–H groups in total. The average Bonchev–Trinajstić information content (AvgIpc) is 2.43. The largest absolute Gasteiger partial charge is 0.416 e. The van der Waals surface area contributed by atoms with Crippen molar-refractivity contribution in [3.63, 3.8) is 0 Å². The first-order valence-corrected chi connectivity index (χ1v) is 6.34. The predicted molar refractivity (Wildman–Crippen MR) is 75.0 cm³/mol. The van der Waals surface area contributed by atoms with Gasteiger partial charge in [0.05, 0.1) is 11.8 Å². The molecule has 0 heterocycles. The van der Waals surface area contributed by atoms with Crippen molar-refractivity contribution >= 4 is 6.21 Å². The van der Waals surface area contributed by atoms with E-state index >= 15 is 0 Å². The Kier molecular flexibility index (Phi) is 4.62. The summed E-state index contributed by atoms with van der Waals surface area (Å²) >= 11 is 0. The van der Waals surface area contributed by atoms with E-state index in [-0.39, 0.29) is 12.2 Å². The van der Waals surface area contributed by atoms with E-state index in [1.54, 1.807) is 0 Å². The fourth-order valence-electron chi connectivity index (χ4n) is 1.88. The lowest BCUT2D eigenvalue weighted by Gasteiger charge is -2.11. The zero-order valence-corrected chi connectivity index (χ0v) is 11.4. The number of halogens is 3. The Labute approximate surface area is 120 Å². The summed E-state index contributed by atoms with van der Waals surface area (Å²) < 4.78 is 38.3. The molecule has 2 aromatic carbocycles. The van der Waals surface area contributed by atoms with E-state index in [0.29, 0.717) is 0 Å². The van der Waals surface area contributed by atoms with Crippen molar-refractivity contribution in [3.05, 3.63) is 70.8 Å². The van der Waals surface area contributed by atoms with E-state index in [1.807, 2.05) is 31.2 Å². The number of nitrogens with zero attached hydrogens (tertiary/aromatic N) is 1. The molecule has 2 aromatic rings. The van der Waals surface area contributed by atoms with Gasteiger partial charge in [-0.1, -0.05) is 53.2 Å². The smallest absolute Gasteiger partial charge is 0.391 e. The molecule has 0 aliphatic carbocycles. The lowest BCUT2D eigenvalue weighted by molar-refractivity contribution is -0.138. The van der Waals surface area contributed by atoms with E-state index < -0.39 is 11.7 Å². The zero-order valence-electron chi connectivity index (χ0n) is 11.4. The third-order valence-electron chi connectivity index (χ3n) is 2.86. The summed E-state index contributed by atoms with van der Waals surface area (Å²) in [6, 6.07) is 12.8. The first kappa shape index (κ1) is 15.1. The second-order valence-corrected chi connectivity index (χ2v) is 4.58. The molecule has 0 aromatic heterocycles. The van der Waals surface area contributed by atoms with Crippen LogP contribution in [0.25, 0.3) is 0 Å². The highest BCUT2D eigenvalue weighted by Crippen LogP contribution is 2.32. The highest BCUT2D eigenvalue weighted by atomic mass is 19.4. The lowest BCUT2D eigenvalue weighted by atomic mass is 10.1. The summed E-state index contributed by atoms with van der Waals surface area (Å²) in [5, 5.41) is 3.71. The number of hydrogen-bond acceptors (Lipinski definition) is 2. The van der Waals surface area contributed by atoms with E-state index in [4.69, 9.17) is 4.84 Å². The molecule has 0 aliphatic heterocycles. The normalized spacial score (nSPS) is 11.8. The third kappa shape index (κ3) is 4.34. The van der Waals surface area contributed by atoms with Crippen molar-refractivity contribution < 1.29 is 18.0 Å². The first-order valence-electron chi connectivity index (χ1n) is 6.34. The van der Waals surface area contributed by atoms with Crippen LogP contribution in [0.4, 0.5) is 13.2 Å². The van der Waals surface area contributed by atoms with Gasteiger partial charge in [-0.3, -0.25) is 0 Å². The first-order chi connectivity index (χ1) is 9.97. The second kappa shape index (κ2) is 6.43. The molecule has 0 saturated heterocycles. The molecule has 2 rings (SSSR count). The highest BCUT2D eigenvalue weighted by molar-refractivity contribution is 5.79. The standard InChI is InChI=1S/C16H14F3NO/c1-12-5-4-6-13(9-12)10-20-21-11-14-7-2-3-8-15(14)16(17,18)19/h2-10H,11H2,1H3. The van der Waals surface area contributed by atoms with Crippen LogP contribution in [0.1, 0.15) is 22.3 Å². The average molecular weight is 293 g/mol. The molecule has 2 nitrogen and oxygen atoms in total. The number of rotatable bonds is 4. The van der Waals surface area contributed by atoms with Crippen LogP contribution < -0.4 is 0 Å². The van der Waals surface area contributed by atoms with Crippen LogP contribution in [0.5, 0.6) is 0 Å². The Morgan fingerprint density at radius 3 is 2.57 bits per heavy atom. The molecule has 0 radical (unpaired) electrons. The Morgan fingerprint density at radius 1 is 1.10 bits per heavy atom. The minimum Gasteiger partial charge on any atom is -0.391 e. The molecule has 0 atom stereocenters. The van der Waals surface area contributed by atoms with Gasteiger partial charge in [-0.25, -0.2) is 0 Å². The van der Waals surface area contributed by atoms with Crippen LogP contribution >= 0.6 is 0 Å². The van der Waals surface area contributed by atoms with Crippen molar-refractivity contribution in [2.45, 2.75) is 19.7 Å². The van der Waals surface area contributed by atoms with Gasteiger partial charge >= 0.3 is 6.18 Å². The summed E-state index contributed by atoms with van der Waals surface area (Å²) in [4.78, 5) is 4.97. The Balaban J connectivity index is 2.01. The number of hydrogen-bond donors (Lipinski definition) is 0. The van der Waals surface area contributed by atoms with Crippen molar-refractivity contribution in [2.75, 3.05) is 0 Å². The maximum Gasteiger partial charge on any atom is 0.416 e. The third-order valence-corrected chi connectivity index (χ3v) is 2.86. The summed E-state index contributed by atoms with van der Waals surface area (Å²) in [5.74, 6) is 0. The van der Waals surface area contributed by atoms with Crippen molar-refractivity contribution in [2.24, 2.45) is 5.16 Å². The highest BCUT2D eigenvalue weighted by Gasteiger charge is 2.32. The zero-order chi connectivity index (χ0) is 15.3. The van der Waals surface area contributed by atoms with Crippen LogP contribution in [0.2, 0.25) is 0 Å².